The molecule has 0 bridgehead atoms. The van der Waals surface area contributed by atoms with E-state index in [1.165, 1.54) is 18.6 Å². The Morgan fingerprint density at radius 2 is 2.15 bits per heavy atom. The van der Waals surface area contributed by atoms with E-state index in [0.717, 1.165) is 49.9 Å². The van der Waals surface area contributed by atoms with E-state index in [1.54, 1.807) is 11.0 Å². The Morgan fingerprint density at radius 3 is 2.93 bits per heavy atom. The summed E-state index contributed by atoms with van der Waals surface area (Å²) in [4.78, 5) is 19.1. The maximum Gasteiger partial charge on any atom is 0.246 e. The van der Waals surface area contributed by atoms with Crippen molar-refractivity contribution in [2.45, 2.75) is 87.8 Å². The van der Waals surface area contributed by atoms with E-state index >= 15 is 0 Å². The van der Waals surface area contributed by atoms with Crippen LogP contribution in [0.1, 0.15) is 49.7 Å². The van der Waals surface area contributed by atoms with Gasteiger partial charge in [0.15, 0.2) is 6.35 Å². The van der Waals surface area contributed by atoms with Gasteiger partial charge in [0, 0.05) is 44.1 Å². The number of hydrogen-bond donors (Lipinski definition) is 2. The van der Waals surface area contributed by atoms with Crippen LogP contribution in [0.2, 0.25) is 0 Å². The van der Waals surface area contributed by atoms with E-state index in [2.05, 4.69) is 40.1 Å². The Morgan fingerprint density at radius 1 is 1.27 bits per heavy atom. The van der Waals surface area contributed by atoms with Gasteiger partial charge in [0.1, 0.15) is 5.82 Å². The Labute approximate surface area is 242 Å². The molecule has 10 heteroatoms. The molecule has 5 aliphatic rings. The molecule has 0 radical (unpaired) electrons. The van der Waals surface area contributed by atoms with E-state index in [1.807, 2.05) is 6.07 Å². The predicted molar refractivity (Wildman–Crippen MR) is 152 cm³/mol. The summed E-state index contributed by atoms with van der Waals surface area (Å²) in [5.74, 6) is -0.00821. The first-order valence-corrected chi connectivity index (χ1v) is 15.2. The lowest BCUT2D eigenvalue weighted by Gasteiger charge is -2.56. The highest BCUT2D eigenvalue weighted by Crippen LogP contribution is 2.44. The number of nitrogens with one attached hydrogen (secondary N) is 2. The van der Waals surface area contributed by atoms with Crippen LogP contribution in [0.4, 0.5) is 4.39 Å². The van der Waals surface area contributed by atoms with Crippen molar-refractivity contribution in [3.05, 3.63) is 47.8 Å². The second-order valence-corrected chi connectivity index (χ2v) is 12.6. The molecule has 4 heterocycles. The second kappa shape index (κ2) is 12.1. The number of nitrogens with zero attached hydrogens (tertiary/aromatic N) is 4. The predicted octanol–water partition coefficient (Wildman–Crippen LogP) is 2.33. The summed E-state index contributed by atoms with van der Waals surface area (Å²) in [6, 6.07) is 7.70. The maximum atomic E-state index is 14.1. The highest BCUT2D eigenvalue weighted by Gasteiger charge is 2.50. The van der Waals surface area contributed by atoms with Crippen LogP contribution >= 0.6 is 0 Å². The Balaban J connectivity index is 1.21. The number of benzene rings is 1. The average molecular weight is 567 g/mol. The third-order valence-electron chi connectivity index (χ3n) is 10.2. The van der Waals surface area contributed by atoms with Gasteiger partial charge >= 0.3 is 0 Å². The Kier molecular flexibility index (Phi) is 8.46. The SMILES string of the molecule is C=CC(=O)N1CCN(C2NC(OCC3CCCN3C)NC3C[C@@]4(CCC32)Cc2cc(F)ccc2CO4)CC1CC#N. The molecule has 1 aromatic carbocycles. The molecule has 2 N–H and O–H groups in total. The standard InChI is InChI=1S/C31H43FN6O3/c1-3-28(39)38-14-13-37(18-24(38)9-11-33)29-26-8-10-31(16-22-15-23(32)7-6-21(22)19-41-31)17-27(26)34-30(35-29)40-20-25-5-4-12-36(25)2/h3,6-7,15,24-27,29-30,34-35H,1,4-5,8-10,12-14,16-20H2,2H3/t24?,25?,26?,27?,29?,30?,31-/m1/s1. The number of rotatable bonds is 6. The number of carbonyl (C=O) groups excluding carboxylic acids is 1. The van der Waals surface area contributed by atoms with Crippen molar-refractivity contribution in [3.8, 4) is 6.07 Å². The summed E-state index contributed by atoms with van der Waals surface area (Å²) in [6.07, 6.45) is 7.08. The third kappa shape index (κ3) is 5.94. The zero-order valence-corrected chi connectivity index (χ0v) is 24.1. The molecule has 6 rings (SSSR count). The van der Waals surface area contributed by atoms with E-state index in [-0.39, 0.29) is 48.3 Å². The zero-order valence-electron chi connectivity index (χ0n) is 24.1. The number of nitriles is 1. The highest BCUT2D eigenvalue weighted by molar-refractivity contribution is 5.87. The van der Waals surface area contributed by atoms with Gasteiger partial charge in [0.05, 0.1) is 43.5 Å². The monoisotopic (exact) mass is 566 g/mol. The number of carbonyl (C=O) groups is 1. The van der Waals surface area contributed by atoms with Gasteiger partial charge in [-0.3, -0.25) is 20.3 Å². The quantitative estimate of drug-likeness (QED) is 0.507. The highest BCUT2D eigenvalue weighted by atomic mass is 19.1. The van der Waals surface area contributed by atoms with Crippen LogP contribution in [0.15, 0.2) is 30.9 Å². The molecule has 4 fully saturated rings. The minimum Gasteiger partial charge on any atom is -0.370 e. The van der Waals surface area contributed by atoms with Crippen LogP contribution in [0.5, 0.6) is 0 Å². The molecular formula is C31H43FN6O3. The number of halogens is 1. The molecule has 6 unspecified atom stereocenters. The molecule has 7 atom stereocenters. The Hall–Kier alpha value is -2.39. The molecule has 9 nitrogen and oxygen atoms in total. The number of likely N-dealkylation sites (N-methyl/N-ethyl adjacent to an activating group) is 1. The summed E-state index contributed by atoms with van der Waals surface area (Å²) >= 11 is 0. The topological polar surface area (TPSA) is 93.1 Å². The van der Waals surface area contributed by atoms with Crippen molar-refractivity contribution in [2.24, 2.45) is 5.92 Å². The van der Waals surface area contributed by atoms with Crippen molar-refractivity contribution in [1.29, 1.82) is 5.26 Å². The fraction of sp³-hybridized carbons (Fsp3) is 0.677. The maximum absolute atomic E-state index is 14.1. The largest absolute Gasteiger partial charge is 0.370 e. The van der Waals surface area contributed by atoms with Crippen LogP contribution in [0, 0.1) is 23.1 Å². The zero-order chi connectivity index (χ0) is 28.6. The number of piperazine rings is 1. The summed E-state index contributed by atoms with van der Waals surface area (Å²) < 4.78 is 27.2. The number of ether oxygens (including phenoxy) is 2. The fourth-order valence-electron chi connectivity index (χ4n) is 7.88. The molecule has 1 saturated carbocycles. The van der Waals surface area contributed by atoms with Crippen LogP contribution < -0.4 is 10.6 Å². The lowest BCUT2D eigenvalue weighted by Crippen LogP contribution is -2.73. The number of likely N-dealkylation sites (tertiary alicyclic amines) is 1. The van der Waals surface area contributed by atoms with Gasteiger partial charge < -0.3 is 19.3 Å². The van der Waals surface area contributed by atoms with Crippen LogP contribution in [0.3, 0.4) is 0 Å². The van der Waals surface area contributed by atoms with Crippen molar-refractivity contribution < 1.29 is 18.7 Å². The van der Waals surface area contributed by atoms with E-state index in [4.69, 9.17) is 9.47 Å². The van der Waals surface area contributed by atoms with Gasteiger partial charge in [-0.05, 0) is 75.0 Å². The minimum atomic E-state index is -0.328. The van der Waals surface area contributed by atoms with Crippen molar-refractivity contribution in [2.75, 3.05) is 39.8 Å². The lowest BCUT2D eigenvalue weighted by molar-refractivity contribution is -0.153. The van der Waals surface area contributed by atoms with Gasteiger partial charge in [-0.15, -0.1) is 0 Å². The van der Waals surface area contributed by atoms with E-state index in [9.17, 15) is 14.4 Å². The van der Waals surface area contributed by atoms with E-state index in [0.29, 0.717) is 44.7 Å². The van der Waals surface area contributed by atoms with Gasteiger partial charge in [0.2, 0.25) is 5.91 Å². The molecule has 3 saturated heterocycles. The Bertz CT molecular complexity index is 1180. The molecule has 222 valence electrons. The van der Waals surface area contributed by atoms with Crippen LogP contribution in [-0.2, 0) is 27.3 Å². The molecule has 0 aromatic heterocycles. The van der Waals surface area contributed by atoms with Gasteiger partial charge in [0.25, 0.3) is 0 Å². The summed E-state index contributed by atoms with van der Waals surface area (Å²) in [6.45, 7) is 7.83. The summed E-state index contributed by atoms with van der Waals surface area (Å²) in [7, 11) is 2.16. The van der Waals surface area contributed by atoms with E-state index < -0.39 is 0 Å². The number of amides is 1. The van der Waals surface area contributed by atoms with Gasteiger partial charge in [-0.1, -0.05) is 12.6 Å². The van der Waals surface area contributed by atoms with Crippen LogP contribution in [0.25, 0.3) is 0 Å². The van der Waals surface area contributed by atoms with Crippen LogP contribution in [-0.4, -0.2) is 96.7 Å². The van der Waals surface area contributed by atoms with Crippen molar-refractivity contribution >= 4 is 5.91 Å². The first kappa shape index (κ1) is 28.7. The van der Waals surface area contributed by atoms with Gasteiger partial charge in [-0.2, -0.15) is 5.26 Å². The average Bonchev–Trinajstić information content (AvgIpc) is 3.39. The summed E-state index contributed by atoms with van der Waals surface area (Å²) in [5, 5.41) is 17.1. The smallest absolute Gasteiger partial charge is 0.246 e. The summed E-state index contributed by atoms with van der Waals surface area (Å²) in [5.41, 5.74) is 1.80. The first-order valence-electron chi connectivity index (χ1n) is 15.2. The molecule has 1 amide bonds. The van der Waals surface area contributed by atoms with Gasteiger partial charge in [-0.25, -0.2) is 4.39 Å². The van der Waals surface area contributed by atoms with Crippen molar-refractivity contribution in [1.82, 2.24) is 25.3 Å². The van der Waals surface area contributed by atoms with Crippen molar-refractivity contribution in [3.63, 3.8) is 0 Å². The number of fused-ring (bicyclic) bond motifs is 2. The fourth-order valence-corrected chi connectivity index (χ4v) is 7.88. The molecule has 1 spiro atoms. The molecule has 1 aromatic rings. The lowest BCUT2D eigenvalue weighted by atomic mass is 9.69. The molecular weight excluding hydrogens is 523 g/mol. The first-order chi connectivity index (χ1) is 19.9. The number of hydrogen-bond acceptors (Lipinski definition) is 8. The molecule has 4 aliphatic heterocycles. The molecule has 41 heavy (non-hydrogen) atoms. The second-order valence-electron chi connectivity index (χ2n) is 12.6. The third-order valence-corrected chi connectivity index (χ3v) is 10.2. The minimum absolute atomic E-state index is 0.0420. The normalized spacial score (nSPS) is 36.0. The molecule has 1 aliphatic carbocycles.